The van der Waals surface area contributed by atoms with E-state index in [1.807, 2.05) is 0 Å². The lowest BCUT2D eigenvalue weighted by Crippen LogP contribution is -2.33. The van der Waals surface area contributed by atoms with Crippen LogP contribution < -0.4 is 5.73 Å². The monoisotopic (exact) mass is 299 g/mol. The molecular weight excluding hydrogens is 286 g/mol. The average Bonchev–Trinajstić information content (AvgIpc) is 2.93. The summed E-state index contributed by atoms with van der Waals surface area (Å²) in [5, 5.41) is 28.9. The van der Waals surface area contributed by atoms with Crippen molar-refractivity contribution in [1.29, 1.82) is 0 Å². The van der Waals surface area contributed by atoms with Gasteiger partial charge in [-0.15, -0.1) is 0 Å². The predicted molar refractivity (Wildman–Crippen MR) is 70.1 cm³/mol. The molecule has 2 aromatic rings. The number of rotatable bonds is 2. The SMILES string of the molecule is Nc1nc(=S)c2ncn([C@@H]3O[C@@H](CO)[C@H](O)[C@H]3O)c2[nH]1. The Morgan fingerprint density at radius 3 is 2.85 bits per heavy atom. The van der Waals surface area contributed by atoms with Gasteiger partial charge >= 0.3 is 0 Å². The summed E-state index contributed by atoms with van der Waals surface area (Å²) in [6, 6.07) is 0. The van der Waals surface area contributed by atoms with Crippen molar-refractivity contribution in [1.82, 2.24) is 19.5 Å². The molecule has 1 aliphatic heterocycles. The van der Waals surface area contributed by atoms with Gasteiger partial charge in [0.25, 0.3) is 0 Å². The molecule has 2 aromatic heterocycles. The second-order valence-electron chi connectivity index (χ2n) is 4.51. The minimum Gasteiger partial charge on any atom is -0.394 e. The first-order valence-corrected chi connectivity index (χ1v) is 6.28. The zero-order valence-electron chi connectivity index (χ0n) is 10.2. The Morgan fingerprint density at radius 2 is 2.20 bits per heavy atom. The first-order chi connectivity index (χ1) is 9.52. The minimum absolute atomic E-state index is 0.107. The highest BCUT2D eigenvalue weighted by Crippen LogP contribution is 2.31. The summed E-state index contributed by atoms with van der Waals surface area (Å²) in [4.78, 5) is 10.8. The van der Waals surface area contributed by atoms with Crippen LogP contribution in [-0.4, -0.2) is 59.8 Å². The summed E-state index contributed by atoms with van der Waals surface area (Å²) in [6.45, 7) is -0.402. The maximum atomic E-state index is 10.0. The Hall–Kier alpha value is -1.59. The lowest BCUT2D eigenvalue weighted by molar-refractivity contribution is -0.0511. The average molecular weight is 299 g/mol. The number of imidazole rings is 1. The summed E-state index contributed by atoms with van der Waals surface area (Å²) in [6.07, 6.45) is -2.77. The van der Waals surface area contributed by atoms with Crippen LogP contribution in [0.25, 0.3) is 11.2 Å². The first kappa shape index (κ1) is 13.4. The Labute approximate surface area is 117 Å². The van der Waals surface area contributed by atoms with Gasteiger partial charge in [0.05, 0.1) is 12.9 Å². The largest absolute Gasteiger partial charge is 0.394 e. The van der Waals surface area contributed by atoms with Gasteiger partial charge in [0.2, 0.25) is 0 Å². The summed E-state index contributed by atoms with van der Waals surface area (Å²) in [7, 11) is 0. The van der Waals surface area contributed by atoms with Crippen molar-refractivity contribution >= 4 is 29.3 Å². The molecule has 9 nitrogen and oxygen atoms in total. The molecule has 3 heterocycles. The number of hydrogen-bond acceptors (Lipinski definition) is 8. The van der Waals surface area contributed by atoms with Gasteiger partial charge in [0, 0.05) is 0 Å². The number of aliphatic hydroxyl groups excluding tert-OH is 3. The molecule has 0 radical (unpaired) electrons. The molecule has 0 aliphatic carbocycles. The summed E-state index contributed by atoms with van der Waals surface area (Å²) in [5.74, 6) is 0.107. The van der Waals surface area contributed by atoms with Gasteiger partial charge in [-0.3, -0.25) is 4.57 Å². The van der Waals surface area contributed by atoms with E-state index in [0.29, 0.717) is 11.2 Å². The number of ether oxygens (including phenoxy) is 1. The fourth-order valence-electron chi connectivity index (χ4n) is 2.26. The van der Waals surface area contributed by atoms with E-state index in [1.165, 1.54) is 10.9 Å². The second kappa shape index (κ2) is 4.75. The van der Waals surface area contributed by atoms with Crippen LogP contribution in [0.15, 0.2) is 6.33 Å². The fourth-order valence-corrected chi connectivity index (χ4v) is 2.50. The van der Waals surface area contributed by atoms with Crippen molar-refractivity contribution < 1.29 is 20.1 Å². The lowest BCUT2D eigenvalue weighted by atomic mass is 10.1. The molecule has 6 N–H and O–H groups in total. The lowest BCUT2D eigenvalue weighted by Gasteiger charge is -2.16. The van der Waals surface area contributed by atoms with E-state index in [-0.39, 0.29) is 10.6 Å². The molecule has 0 aromatic carbocycles. The number of nitrogens with one attached hydrogen (secondary N) is 1. The van der Waals surface area contributed by atoms with Crippen molar-refractivity contribution in [3.63, 3.8) is 0 Å². The summed E-state index contributed by atoms with van der Waals surface area (Å²) in [5.41, 5.74) is 6.44. The van der Waals surface area contributed by atoms with Crippen molar-refractivity contribution in [2.45, 2.75) is 24.5 Å². The summed E-state index contributed by atoms with van der Waals surface area (Å²) >= 11 is 5.05. The first-order valence-electron chi connectivity index (χ1n) is 5.87. The van der Waals surface area contributed by atoms with Crippen LogP contribution in [0.5, 0.6) is 0 Å². The molecule has 0 unspecified atom stereocenters. The van der Waals surface area contributed by atoms with Gasteiger partial charge in [0.15, 0.2) is 16.8 Å². The molecule has 0 saturated carbocycles. The predicted octanol–water partition coefficient (Wildman–Crippen LogP) is -1.32. The molecule has 0 bridgehead atoms. The minimum atomic E-state index is -1.21. The van der Waals surface area contributed by atoms with E-state index in [2.05, 4.69) is 15.0 Å². The second-order valence-corrected chi connectivity index (χ2v) is 4.89. The zero-order valence-corrected chi connectivity index (χ0v) is 11.0. The Balaban J connectivity index is 2.09. The molecule has 108 valence electrons. The van der Waals surface area contributed by atoms with Crippen LogP contribution in [-0.2, 0) is 4.74 Å². The van der Waals surface area contributed by atoms with Crippen molar-refractivity contribution in [3.05, 3.63) is 11.0 Å². The molecule has 4 atom stereocenters. The molecule has 10 heteroatoms. The molecule has 1 aliphatic rings. The number of aromatic amines is 1. The maximum Gasteiger partial charge on any atom is 0.200 e. The van der Waals surface area contributed by atoms with E-state index in [0.717, 1.165) is 0 Å². The van der Waals surface area contributed by atoms with Crippen molar-refractivity contribution in [2.24, 2.45) is 0 Å². The van der Waals surface area contributed by atoms with Crippen LogP contribution in [0, 0.1) is 4.64 Å². The van der Waals surface area contributed by atoms with Crippen LogP contribution in [0.4, 0.5) is 5.95 Å². The standard InChI is InChI=1S/C10H13N5O4S/c11-10-13-7-4(8(20)14-10)12-2-15(7)9-6(18)5(17)3(1-16)19-9/h2-3,5-6,9,16-18H,1H2,(H3,11,13,14,20)/t3-,5-,6+,9+/m0/s1. The number of aliphatic hydroxyl groups is 3. The molecule has 20 heavy (non-hydrogen) atoms. The van der Waals surface area contributed by atoms with Crippen LogP contribution in [0.1, 0.15) is 6.23 Å². The van der Waals surface area contributed by atoms with Crippen LogP contribution in [0.2, 0.25) is 0 Å². The Bertz CT molecular complexity index is 701. The number of anilines is 1. The van der Waals surface area contributed by atoms with E-state index >= 15 is 0 Å². The van der Waals surface area contributed by atoms with Gasteiger partial charge in [-0.2, -0.15) is 0 Å². The highest BCUT2D eigenvalue weighted by atomic mass is 32.1. The van der Waals surface area contributed by atoms with E-state index in [4.69, 9.17) is 27.8 Å². The van der Waals surface area contributed by atoms with Crippen molar-refractivity contribution in [3.8, 4) is 0 Å². The highest BCUT2D eigenvalue weighted by Gasteiger charge is 2.43. The smallest absolute Gasteiger partial charge is 0.200 e. The Kier molecular flexibility index (Phi) is 3.18. The van der Waals surface area contributed by atoms with Gasteiger partial charge < -0.3 is 30.8 Å². The molecule has 0 amide bonds. The third-order valence-electron chi connectivity index (χ3n) is 3.26. The number of nitrogen functional groups attached to an aromatic ring is 1. The van der Waals surface area contributed by atoms with Gasteiger partial charge in [0.1, 0.15) is 29.5 Å². The van der Waals surface area contributed by atoms with Gasteiger partial charge in [-0.05, 0) is 0 Å². The number of H-pyrrole nitrogens is 1. The van der Waals surface area contributed by atoms with E-state index < -0.39 is 31.1 Å². The van der Waals surface area contributed by atoms with Crippen molar-refractivity contribution in [2.75, 3.05) is 12.3 Å². The fraction of sp³-hybridized carbons (Fsp3) is 0.500. The molecule has 1 saturated heterocycles. The maximum absolute atomic E-state index is 10.0. The Morgan fingerprint density at radius 1 is 1.45 bits per heavy atom. The third-order valence-corrected chi connectivity index (χ3v) is 3.54. The van der Waals surface area contributed by atoms with Crippen LogP contribution >= 0.6 is 12.2 Å². The van der Waals surface area contributed by atoms with Gasteiger partial charge in [-0.1, -0.05) is 12.2 Å². The molecule has 3 rings (SSSR count). The van der Waals surface area contributed by atoms with E-state index in [9.17, 15) is 10.2 Å². The number of aromatic nitrogens is 4. The van der Waals surface area contributed by atoms with Crippen LogP contribution in [0.3, 0.4) is 0 Å². The number of hydrogen-bond donors (Lipinski definition) is 5. The zero-order chi connectivity index (χ0) is 14.4. The normalized spacial score (nSPS) is 30.1. The van der Waals surface area contributed by atoms with E-state index in [1.54, 1.807) is 0 Å². The topological polar surface area (TPSA) is 142 Å². The number of fused-ring (bicyclic) bond motifs is 1. The highest BCUT2D eigenvalue weighted by molar-refractivity contribution is 7.71. The molecule has 0 spiro atoms. The quantitative estimate of drug-likeness (QED) is 0.430. The summed E-state index contributed by atoms with van der Waals surface area (Å²) < 4.78 is 7.11. The molecular formula is C10H13N5O4S. The third kappa shape index (κ3) is 1.89. The number of nitrogens with two attached hydrogens (primary N) is 1. The molecule has 1 fully saturated rings. The number of nitrogens with zero attached hydrogens (tertiary/aromatic N) is 3. The van der Waals surface area contributed by atoms with Gasteiger partial charge in [-0.25, -0.2) is 9.97 Å².